The third kappa shape index (κ3) is 7.68. The summed E-state index contributed by atoms with van der Waals surface area (Å²) in [5.74, 6) is 0.755. The Morgan fingerprint density at radius 3 is 2.00 bits per heavy atom. The van der Waals surface area contributed by atoms with Crippen LogP contribution in [0.3, 0.4) is 0 Å². The third-order valence-corrected chi connectivity index (χ3v) is 5.89. The molecule has 6 N–H and O–H groups in total. The normalized spacial score (nSPS) is 37.1. The Balaban J connectivity index is 0.00000456. The summed E-state index contributed by atoms with van der Waals surface area (Å²) in [5.41, 5.74) is 0. The van der Waals surface area contributed by atoms with Gasteiger partial charge in [-0.3, -0.25) is 4.18 Å². The predicted octanol–water partition coefficient (Wildman–Crippen LogP) is -6.81. The van der Waals surface area contributed by atoms with Crippen LogP contribution in [0.1, 0.15) is 0 Å². The van der Waals surface area contributed by atoms with Crippen molar-refractivity contribution >= 4 is 10.4 Å². The largest absolute Gasteiger partial charge is 1.00 e. The first-order chi connectivity index (χ1) is 16.4. The Morgan fingerprint density at radius 1 is 0.861 bits per heavy atom. The fraction of sp³-hybridized carbons (Fsp3) is 0.684. The maximum Gasteiger partial charge on any atom is 1.00 e. The fourth-order valence-electron chi connectivity index (χ4n) is 3.57. The number of ether oxygens (including phenoxy) is 5. The third-order valence-electron chi connectivity index (χ3n) is 5.47. The molecule has 15 nitrogen and oxygen atoms in total. The molecule has 2 saturated heterocycles. The van der Waals surface area contributed by atoms with Gasteiger partial charge in [-0.15, -0.1) is 0 Å². The molecule has 0 amide bonds. The van der Waals surface area contributed by atoms with Crippen molar-refractivity contribution < 1.29 is 101 Å². The molecule has 2 fully saturated rings. The maximum absolute atomic E-state index is 10.7. The molecule has 1 aromatic rings. The van der Waals surface area contributed by atoms with Crippen LogP contribution >= 0.6 is 0 Å². The molecule has 2 aliphatic heterocycles. The van der Waals surface area contributed by atoms with E-state index in [2.05, 4.69) is 4.18 Å². The Kier molecular flexibility index (Phi) is 11.8. The van der Waals surface area contributed by atoms with E-state index in [0.717, 1.165) is 0 Å². The SMILES string of the molecule is COc1ccc(O[C@@H]2O[C@H](CO)[C@H](O)[C@H](O[C@@H]3O[C@H](COS(=O)(=O)[O-])[C@H](O)[C@H](O)[C@H]3O)[C@H]2O)cc1.[Na+]. The van der Waals surface area contributed by atoms with Gasteiger partial charge in [-0.25, -0.2) is 8.42 Å². The van der Waals surface area contributed by atoms with E-state index in [-0.39, 0.29) is 35.3 Å². The van der Waals surface area contributed by atoms with Crippen molar-refractivity contribution in [1.29, 1.82) is 0 Å². The molecule has 17 heteroatoms. The number of benzene rings is 1. The van der Waals surface area contributed by atoms with Crippen molar-refractivity contribution in [2.45, 2.75) is 61.4 Å². The molecule has 1 aromatic carbocycles. The topological polar surface area (TPSA) is 234 Å². The maximum atomic E-state index is 10.7. The molecule has 10 atom stereocenters. The molecule has 0 spiro atoms. The van der Waals surface area contributed by atoms with Crippen molar-refractivity contribution in [3.05, 3.63) is 24.3 Å². The van der Waals surface area contributed by atoms with Crippen LogP contribution in [0.2, 0.25) is 0 Å². The minimum Gasteiger partial charge on any atom is -0.726 e. The smallest absolute Gasteiger partial charge is 0.726 e. The summed E-state index contributed by atoms with van der Waals surface area (Å²) in [7, 11) is -3.70. The Bertz CT molecular complexity index is 918. The average Bonchev–Trinajstić information content (AvgIpc) is 2.82. The van der Waals surface area contributed by atoms with Gasteiger partial charge in [0.1, 0.15) is 60.3 Å². The summed E-state index contributed by atoms with van der Waals surface area (Å²) in [6.45, 7) is -1.73. The molecule has 200 valence electrons. The van der Waals surface area contributed by atoms with E-state index in [9.17, 15) is 43.6 Å². The molecule has 0 radical (unpaired) electrons. The summed E-state index contributed by atoms with van der Waals surface area (Å²) >= 11 is 0. The van der Waals surface area contributed by atoms with Gasteiger partial charge < -0.3 is 58.9 Å². The first-order valence-corrected chi connectivity index (χ1v) is 11.7. The average molecular weight is 550 g/mol. The summed E-state index contributed by atoms with van der Waals surface area (Å²) in [5, 5.41) is 61.2. The van der Waals surface area contributed by atoms with Crippen molar-refractivity contribution in [2.75, 3.05) is 20.3 Å². The van der Waals surface area contributed by atoms with Crippen LogP contribution in [-0.2, 0) is 28.8 Å². The van der Waals surface area contributed by atoms with Crippen LogP contribution in [0.5, 0.6) is 11.5 Å². The van der Waals surface area contributed by atoms with E-state index in [1.54, 1.807) is 12.1 Å². The summed E-state index contributed by atoms with van der Waals surface area (Å²) < 4.78 is 62.9. The fourth-order valence-corrected chi connectivity index (χ4v) is 3.87. The van der Waals surface area contributed by atoms with Gasteiger partial charge in [0, 0.05) is 0 Å². The van der Waals surface area contributed by atoms with Crippen LogP contribution in [0.4, 0.5) is 0 Å². The van der Waals surface area contributed by atoms with E-state index in [0.29, 0.717) is 5.75 Å². The van der Waals surface area contributed by atoms with Gasteiger partial charge in [0.2, 0.25) is 16.7 Å². The van der Waals surface area contributed by atoms with E-state index < -0.39 is 85.0 Å². The van der Waals surface area contributed by atoms with Crippen LogP contribution in [-0.4, -0.2) is 125 Å². The van der Waals surface area contributed by atoms with Gasteiger partial charge in [0.05, 0.1) is 20.3 Å². The Morgan fingerprint density at radius 2 is 1.44 bits per heavy atom. The number of aliphatic hydroxyl groups is 6. The van der Waals surface area contributed by atoms with Gasteiger partial charge in [-0.1, -0.05) is 0 Å². The molecule has 2 aliphatic rings. The quantitative estimate of drug-likeness (QED) is 0.0952. The second kappa shape index (κ2) is 13.4. The van der Waals surface area contributed by atoms with Crippen LogP contribution in [0.25, 0.3) is 0 Å². The summed E-state index contributed by atoms with van der Waals surface area (Å²) in [6.07, 6.45) is -17.0. The molecule has 0 bridgehead atoms. The van der Waals surface area contributed by atoms with E-state index in [1.807, 2.05) is 0 Å². The molecule has 2 heterocycles. The van der Waals surface area contributed by atoms with Crippen LogP contribution in [0, 0.1) is 0 Å². The van der Waals surface area contributed by atoms with Crippen molar-refractivity contribution in [2.24, 2.45) is 0 Å². The van der Waals surface area contributed by atoms with Gasteiger partial charge >= 0.3 is 29.6 Å². The summed E-state index contributed by atoms with van der Waals surface area (Å²) in [4.78, 5) is 0. The molecule has 0 aliphatic carbocycles. The molecule has 0 aromatic heterocycles. The zero-order valence-electron chi connectivity index (χ0n) is 19.3. The second-order valence-corrected chi connectivity index (χ2v) is 8.86. The van der Waals surface area contributed by atoms with Crippen LogP contribution in [0.15, 0.2) is 24.3 Å². The zero-order valence-corrected chi connectivity index (χ0v) is 22.1. The van der Waals surface area contributed by atoms with Gasteiger partial charge in [-0.2, -0.15) is 0 Å². The standard InChI is InChI=1S/C19H28O15S.Na/c1-29-8-2-4-9(5-3-8)31-19-16(25)17(13(22)10(6-20)32-19)34-18-15(24)14(23)12(21)11(33-18)7-30-35(26,27)28;/h2-5,10-25H,6-7H2,1H3,(H,26,27,28);/q;+1/p-1/t10-,11-,12+,13+,14+,15-,16-,17+,18+,19-;/m1./s1. The molecular formula is C19H27NaO15S. The Labute approximate surface area is 228 Å². The first-order valence-electron chi connectivity index (χ1n) is 10.3. The number of rotatable bonds is 9. The van der Waals surface area contributed by atoms with E-state index in [4.69, 9.17) is 23.7 Å². The first kappa shape index (κ1) is 31.5. The van der Waals surface area contributed by atoms with E-state index >= 15 is 0 Å². The van der Waals surface area contributed by atoms with Crippen molar-refractivity contribution in [1.82, 2.24) is 0 Å². The molecule has 36 heavy (non-hydrogen) atoms. The van der Waals surface area contributed by atoms with Gasteiger partial charge in [0.15, 0.2) is 6.29 Å². The molecule has 0 unspecified atom stereocenters. The molecule has 0 saturated carbocycles. The van der Waals surface area contributed by atoms with Crippen molar-refractivity contribution in [3.8, 4) is 11.5 Å². The minimum absolute atomic E-state index is 0. The predicted molar refractivity (Wildman–Crippen MR) is 109 cm³/mol. The number of aliphatic hydroxyl groups excluding tert-OH is 6. The number of methoxy groups -OCH3 is 1. The molecular weight excluding hydrogens is 523 g/mol. The van der Waals surface area contributed by atoms with E-state index in [1.165, 1.54) is 19.2 Å². The zero-order chi connectivity index (χ0) is 25.9. The van der Waals surface area contributed by atoms with Crippen molar-refractivity contribution in [3.63, 3.8) is 0 Å². The monoisotopic (exact) mass is 550 g/mol. The molecule has 3 rings (SSSR count). The van der Waals surface area contributed by atoms with Gasteiger partial charge in [-0.05, 0) is 24.3 Å². The number of hydrogen-bond donors (Lipinski definition) is 6. The van der Waals surface area contributed by atoms with Crippen LogP contribution < -0.4 is 39.0 Å². The second-order valence-electron chi connectivity index (χ2n) is 7.81. The number of hydrogen-bond acceptors (Lipinski definition) is 15. The minimum atomic E-state index is -5.17. The van der Waals surface area contributed by atoms with Gasteiger partial charge in [0.25, 0.3) is 0 Å². The Hall–Kier alpha value is -0.670. The summed E-state index contributed by atoms with van der Waals surface area (Å²) in [6, 6.07) is 6.15.